The molecule has 94 valence electrons. The molecule has 0 spiro atoms. The summed E-state index contributed by atoms with van der Waals surface area (Å²) in [6.07, 6.45) is 2.34. The zero-order valence-corrected chi connectivity index (χ0v) is 11.4. The van der Waals surface area contributed by atoms with Crippen LogP contribution in [0.25, 0.3) is 0 Å². The number of benzene rings is 1. The van der Waals surface area contributed by atoms with Crippen molar-refractivity contribution in [2.75, 3.05) is 19.4 Å². The van der Waals surface area contributed by atoms with Crippen LogP contribution in [0, 0.1) is 0 Å². The van der Waals surface area contributed by atoms with E-state index in [0.29, 0.717) is 6.04 Å². The minimum atomic E-state index is 0.690. The summed E-state index contributed by atoms with van der Waals surface area (Å²) in [6.45, 7) is 3.36. The SMILES string of the molecule is COc1ccccc1CCNC1CCSC1C. The van der Waals surface area contributed by atoms with E-state index >= 15 is 0 Å². The molecule has 1 aliphatic heterocycles. The van der Waals surface area contributed by atoms with Gasteiger partial charge in [-0.05, 0) is 36.8 Å². The third kappa shape index (κ3) is 3.39. The Bertz CT molecular complexity index is 356. The first-order valence-electron chi connectivity index (χ1n) is 6.28. The van der Waals surface area contributed by atoms with E-state index < -0.39 is 0 Å². The van der Waals surface area contributed by atoms with Gasteiger partial charge in [0.2, 0.25) is 0 Å². The molecule has 0 bridgehead atoms. The Kier molecular flexibility index (Phi) is 4.75. The van der Waals surface area contributed by atoms with Crippen molar-refractivity contribution in [1.29, 1.82) is 0 Å². The van der Waals surface area contributed by atoms with E-state index in [1.54, 1.807) is 7.11 Å². The molecule has 1 aromatic rings. The van der Waals surface area contributed by atoms with E-state index in [1.807, 2.05) is 12.1 Å². The van der Waals surface area contributed by atoms with Gasteiger partial charge in [0.1, 0.15) is 5.75 Å². The number of hydrogen-bond donors (Lipinski definition) is 1. The van der Waals surface area contributed by atoms with Gasteiger partial charge in [0, 0.05) is 11.3 Å². The summed E-state index contributed by atoms with van der Waals surface area (Å²) in [6, 6.07) is 8.96. The predicted octanol–water partition coefficient (Wildman–Crippen LogP) is 2.72. The quantitative estimate of drug-likeness (QED) is 0.869. The average Bonchev–Trinajstić information content (AvgIpc) is 2.76. The Balaban J connectivity index is 1.81. The molecule has 0 radical (unpaired) electrons. The van der Waals surface area contributed by atoms with E-state index in [0.717, 1.165) is 24.0 Å². The maximum absolute atomic E-state index is 5.36. The van der Waals surface area contributed by atoms with Gasteiger partial charge in [-0.15, -0.1) is 0 Å². The number of nitrogens with one attached hydrogen (secondary N) is 1. The summed E-state index contributed by atoms with van der Waals surface area (Å²) >= 11 is 2.07. The van der Waals surface area contributed by atoms with E-state index in [2.05, 4.69) is 36.1 Å². The molecule has 3 heteroatoms. The fourth-order valence-corrected chi connectivity index (χ4v) is 3.53. The predicted molar refractivity (Wildman–Crippen MR) is 75.0 cm³/mol. The fraction of sp³-hybridized carbons (Fsp3) is 0.571. The third-order valence-electron chi connectivity index (χ3n) is 3.37. The first kappa shape index (κ1) is 12.8. The summed E-state index contributed by atoms with van der Waals surface area (Å²) in [5.41, 5.74) is 1.29. The van der Waals surface area contributed by atoms with E-state index in [4.69, 9.17) is 4.74 Å². The number of para-hydroxylation sites is 1. The zero-order valence-electron chi connectivity index (χ0n) is 10.6. The van der Waals surface area contributed by atoms with Gasteiger partial charge >= 0.3 is 0 Å². The lowest BCUT2D eigenvalue weighted by Crippen LogP contribution is -2.34. The molecule has 0 aromatic heterocycles. The molecule has 2 atom stereocenters. The highest BCUT2D eigenvalue weighted by Gasteiger charge is 2.22. The van der Waals surface area contributed by atoms with Crippen LogP contribution in [0.3, 0.4) is 0 Å². The van der Waals surface area contributed by atoms with E-state index in [9.17, 15) is 0 Å². The fourth-order valence-electron chi connectivity index (χ4n) is 2.30. The second kappa shape index (κ2) is 6.31. The summed E-state index contributed by atoms with van der Waals surface area (Å²) in [4.78, 5) is 0. The van der Waals surface area contributed by atoms with Crippen LogP contribution in [-0.4, -0.2) is 30.7 Å². The van der Waals surface area contributed by atoms with Crippen molar-refractivity contribution in [2.45, 2.75) is 31.1 Å². The summed E-state index contributed by atoms with van der Waals surface area (Å²) in [5.74, 6) is 2.30. The Morgan fingerprint density at radius 3 is 2.94 bits per heavy atom. The molecule has 0 amide bonds. The van der Waals surface area contributed by atoms with Crippen molar-refractivity contribution in [2.24, 2.45) is 0 Å². The van der Waals surface area contributed by atoms with E-state index in [1.165, 1.54) is 17.7 Å². The van der Waals surface area contributed by atoms with Crippen molar-refractivity contribution in [3.05, 3.63) is 29.8 Å². The number of ether oxygens (including phenoxy) is 1. The first-order valence-corrected chi connectivity index (χ1v) is 7.33. The van der Waals surface area contributed by atoms with Crippen LogP contribution in [0.2, 0.25) is 0 Å². The van der Waals surface area contributed by atoms with Crippen LogP contribution in [0.5, 0.6) is 5.75 Å². The van der Waals surface area contributed by atoms with Crippen molar-refractivity contribution < 1.29 is 4.74 Å². The van der Waals surface area contributed by atoms with Gasteiger partial charge < -0.3 is 10.1 Å². The topological polar surface area (TPSA) is 21.3 Å². The molecule has 0 aliphatic carbocycles. The monoisotopic (exact) mass is 251 g/mol. The number of methoxy groups -OCH3 is 1. The molecule has 1 aromatic carbocycles. The molecule has 0 saturated carbocycles. The lowest BCUT2D eigenvalue weighted by molar-refractivity contribution is 0.408. The molecule has 17 heavy (non-hydrogen) atoms. The third-order valence-corrected chi connectivity index (χ3v) is 4.70. The molecule has 2 unspecified atom stereocenters. The molecular formula is C14H21NOS. The van der Waals surface area contributed by atoms with Crippen molar-refractivity contribution in [1.82, 2.24) is 5.32 Å². The Labute approximate surface area is 108 Å². The van der Waals surface area contributed by atoms with Gasteiger partial charge in [-0.3, -0.25) is 0 Å². The lowest BCUT2D eigenvalue weighted by Gasteiger charge is -2.16. The second-order valence-electron chi connectivity index (χ2n) is 4.49. The molecule has 2 nitrogen and oxygen atoms in total. The van der Waals surface area contributed by atoms with E-state index in [-0.39, 0.29) is 0 Å². The Morgan fingerprint density at radius 2 is 2.24 bits per heavy atom. The van der Waals surface area contributed by atoms with Crippen LogP contribution in [0.15, 0.2) is 24.3 Å². The minimum absolute atomic E-state index is 0.690. The van der Waals surface area contributed by atoms with Gasteiger partial charge in [-0.1, -0.05) is 25.1 Å². The number of rotatable bonds is 5. The molecule has 1 fully saturated rings. The molecular weight excluding hydrogens is 230 g/mol. The minimum Gasteiger partial charge on any atom is -0.496 e. The normalized spacial score (nSPS) is 23.9. The standard InChI is InChI=1S/C14H21NOS/c1-11-13(8-10-17-11)15-9-7-12-5-3-4-6-14(12)16-2/h3-6,11,13,15H,7-10H2,1-2H3. The van der Waals surface area contributed by atoms with Crippen molar-refractivity contribution in [3.63, 3.8) is 0 Å². The van der Waals surface area contributed by atoms with Crippen LogP contribution >= 0.6 is 11.8 Å². The summed E-state index contributed by atoms with van der Waals surface area (Å²) < 4.78 is 5.36. The van der Waals surface area contributed by atoms with Crippen LogP contribution in [0.4, 0.5) is 0 Å². The summed E-state index contributed by atoms with van der Waals surface area (Å²) in [5, 5.41) is 4.41. The molecule has 1 heterocycles. The zero-order chi connectivity index (χ0) is 12.1. The van der Waals surface area contributed by atoms with Crippen molar-refractivity contribution >= 4 is 11.8 Å². The molecule has 2 rings (SSSR count). The molecule has 1 aliphatic rings. The molecule has 1 saturated heterocycles. The highest BCUT2D eigenvalue weighted by atomic mass is 32.2. The highest BCUT2D eigenvalue weighted by Crippen LogP contribution is 2.26. The van der Waals surface area contributed by atoms with Crippen LogP contribution < -0.4 is 10.1 Å². The van der Waals surface area contributed by atoms with Gasteiger partial charge in [-0.2, -0.15) is 11.8 Å². The number of thioether (sulfide) groups is 1. The lowest BCUT2D eigenvalue weighted by atomic mass is 10.1. The van der Waals surface area contributed by atoms with Crippen LogP contribution in [-0.2, 0) is 6.42 Å². The largest absolute Gasteiger partial charge is 0.496 e. The van der Waals surface area contributed by atoms with Gasteiger partial charge in [0.25, 0.3) is 0 Å². The average molecular weight is 251 g/mol. The Hall–Kier alpha value is -0.670. The molecule has 1 N–H and O–H groups in total. The second-order valence-corrected chi connectivity index (χ2v) is 5.97. The number of hydrogen-bond acceptors (Lipinski definition) is 3. The maximum Gasteiger partial charge on any atom is 0.122 e. The highest BCUT2D eigenvalue weighted by molar-refractivity contribution is 8.00. The smallest absolute Gasteiger partial charge is 0.122 e. The van der Waals surface area contributed by atoms with Crippen molar-refractivity contribution in [3.8, 4) is 5.75 Å². The maximum atomic E-state index is 5.36. The van der Waals surface area contributed by atoms with Gasteiger partial charge in [0.15, 0.2) is 0 Å². The first-order chi connectivity index (χ1) is 8.31. The van der Waals surface area contributed by atoms with Gasteiger partial charge in [0.05, 0.1) is 7.11 Å². The van der Waals surface area contributed by atoms with Crippen LogP contribution in [0.1, 0.15) is 18.9 Å². The summed E-state index contributed by atoms with van der Waals surface area (Å²) in [7, 11) is 1.74. The van der Waals surface area contributed by atoms with Gasteiger partial charge in [-0.25, -0.2) is 0 Å². The Morgan fingerprint density at radius 1 is 1.41 bits per heavy atom.